The standard InChI is InChI=1S/C19H31NO.ClH/c1-16-9-10-18(17(15-16)19(2,3)4)21-14-8-13-20-11-6-5-7-12-20;/h9-10,15H,5-8,11-14H2,1-4H3;1H. The van der Waals surface area contributed by atoms with Crippen molar-refractivity contribution in [2.45, 2.75) is 58.8 Å². The fraction of sp³-hybridized carbons (Fsp3) is 0.684. The van der Waals surface area contributed by atoms with Crippen LogP contribution in [0.3, 0.4) is 0 Å². The van der Waals surface area contributed by atoms with Crippen molar-refractivity contribution >= 4 is 12.4 Å². The van der Waals surface area contributed by atoms with E-state index < -0.39 is 0 Å². The highest BCUT2D eigenvalue weighted by Gasteiger charge is 2.19. The van der Waals surface area contributed by atoms with Crippen LogP contribution in [-0.4, -0.2) is 31.1 Å². The van der Waals surface area contributed by atoms with Gasteiger partial charge in [0.05, 0.1) is 6.61 Å². The lowest BCUT2D eigenvalue weighted by Gasteiger charge is -2.27. The third kappa shape index (κ3) is 5.81. The number of piperidine rings is 1. The first-order chi connectivity index (χ1) is 9.97. The number of rotatable bonds is 5. The molecular formula is C19H32ClNO. The van der Waals surface area contributed by atoms with Crippen molar-refractivity contribution in [3.63, 3.8) is 0 Å². The maximum Gasteiger partial charge on any atom is 0.123 e. The maximum absolute atomic E-state index is 6.08. The Morgan fingerprint density at radius 3 is 2.41 bits per heavy atom. The molecular weight excluding hydrogens is 294 g/mol. The van der Waals surface area contributed by atoms with Gasteiger partial charge >= 0.3 is 0 Å². The summed E-state index contributed by atoms with van der Waals surface area (Å²) in [6, 6.07) is 6.55. The molecule has 1 aliphatic rings. The van der Waals surface area contributed by atoms with Crippen LogP contribution in [0, 0.1) is 6.92 Å². The molecule has 0 aliphatic carbocycles. The first kappa shape index (κ1) is 19.3. The van der Waals surface area contributed by atoms with E-state index in [1.807, 2.05) is 0 Å². The van der Waals surface area contributed by atoms with E-state index in [-0.39, 0.29) is 17.8 Å². The highest BCUT2D eigenvalue weighted by molar-refractivity contribution is 5.85. The molecule has 1 heterocycles. The van der Waals surface area contributed by atoms with Crippen LogP contribution in [0.4, 0.5) is 0 Å². The van der Waals surface area contributed by atoms with Crippen LogP contribution >= 0.6 is 12.4 Å². The van der Waals surface area contributed by atoms with E-state index in [0.717, 1.165) is 18.8 Å². The topological polar surface area (TPSA) is 12.5 Å². The van der Waals surface area contributed by atoms with E-state index in [4.69, 9.17) is 4.74 Å². The summed E-state index contributed by atoms with van der Waals surface area (Å²) in [5.74, 6) is 1.06. The number of benzene rings is 1. The number of nitrogens with zero attached hydrogens (tertiary/aromatic N) is 1. The maximum atomic E-state index is 6.08. The van der Waals surface area contributed by atoms with Gasteiger partial charge in [-0.05, 0) is 56.3 Å². The van der Waals surface area contributed by atoms with Gasteiger partial charge in [-0.2, -0.15) is 0 Å². The molecule has 1 saturated heterocycles. The predicted octanol–water partition coefficient (Wildman–Crippen LogP) is 4.97. The van der Waals surface area contributed by atoms with Gasteiger partial charge in [0.25, 0.3) is 0 Å². The Kier molecular flexibility index (Phi) is 7.71. The predicted molar refractivity (Wildman–Crippen MR) is 97.5 cm³/mol. The van der Waals surface area contributed by atoms with Crippen LogP contribution in [0.15, 0.2) is 18.2 Å². The molecule has 0 amide bonds. The normalized spacial score (nSPS) is 16.2. The molecule has 0 spiro atoms. The SMILES string of the molecule is Cc1ccc(OCCCN2CCCCC2)c(C(C)(C)C)c1.Cl. The van der Waals surface area contributed by atoms with Crippen LogP contribution in [-0.2, 0) is 5.41 Å². The van der Waals surface area contributed by atoms with E-state index in [2.05, 4.69) is 50.8 Å². The molecule has 2 nitrogen and oxygen atoms in total. The fourth-order valence-corrected chi connectivity index (χ4v) is 3.01. The minimum atomic E-state index is 0. The number of halogens is 1. The Hall–Kier alpha value is -0.730. The lowest BCUT2D eigenvalue weighted by atomic mass is 9.85. The quantitative estimate of drug-likeness (QED) is 0.709. The second-order valence-corrected chi connectivity index (χ2v) is 7.35. The summed E-state index contributed by atoms with van der Waals surface area (Å²) >= 11 is 0. The minimum absolute atomic E-state index is 0. The molecule has 1 aliphatic heterocycles. The van der Waals surface area contributed by atoms with Crippen molar-refractivity contribution in [3.05, 3.63) is 29.3 Å². The zero-order chi connectivity index (χ0) is 15.3. The number of hydrogen-bond donors (Lipinski definition) is 0. The first-order valence-corrected chi connectivity index (χ1v) is 8.43. The van der Waals surface area contributed by atoms with Gasteiger partial charge in [0.2, 0.25) is 0 Å². The van der Waals surface area contributed by atoms with Crippen molar-refractivity contribution in [3.8, 4) is 5.75 Å². The van der Waals surface area contributed by atoms with Gasteiger partial charge in [0.1, 0.15) is 5.75 Å². The van der Waals surface area contributed by atoms with Crippen molar-refractivity contribution in [2.75, 3.05) is 26.2 Å². The van der Waals surface area contributed by atoms with E-state index >= 15 is 0 Å². The second-order valence-electron chi connectivity index (χ2n) is 7.35. The van der Waals surface area contributed by atoms with Crippen molar-refractivity contribution in [2.24, 2.45) is 0 Å². The molecule has 0 radical (unpaired) electrons. The van der Waals surface area contributed by atoms with Gasteiger partial charge in [0.15, 0.2) is 0 Å². The number of aryl methyl sites for hydroxylation is 1. The summed E-state index contributed by atoms with van der Waals surface area (Å²) in [5, 5.41) is 0. The summed E-state index contributed by atoms with van der Waals surface area (Å²) in [6.45, 7) is 13.5. The van der Waals surface area contributed by atoms with Crippen LogP contribution in [0.25, 0.3) is 0 Å². The van der Waals surface area contributed by atoms with E-state index in [1.54, 1.807) is 0 Å². The molecule has 1 fully saturated rings. The lowest BCUT2D eigenvalue weighted by Crippen LogP contribution is -2.31. The second kappa shape index (κ2) is 8.79. The molecule has 0 saturated carbocycles. The summed E-state index contributed by atoms with van der Waals surface area (Å²) < 4.78 is 6.08. The fourth-order valence-electron chi connectivity index (χ4n) is 3.01. The molecule has 126 valence electrons. The van der Waals surface area contributed by atoms with Gasteiger partial charge in [0, 0.05) is 6.54 Å². The smallest absolute Gasteiger partial charge is 0.123 e. The monoisotopic (exact) mass is 325 g/mol. The van der Waals surface area contributed by atoms with Crippen LogP contribution in [0.5, 0.6) is 5.75 Å². The van der Waals surface area contributed by atoms with Crippen molar-refractivity contribution < 1.29 is 4.74 Å². The summed E-state index contributed by atoms with van der Waals surface area (Å²) in [7, 11) is 0. The van der Waals surface area contributed by atoms with Gasteiger partial charge < -0.3 is 9.64 Å². The number of likely N-dealkylation sites (tertiary alicyclic amines) is 1. The van der Waals surface area contributed by atoms with E-state index in [9.17, 15) is 0 Å². The van der Waals surface area contributed by atoms with E-state index in [0.29, 0.717) is 0 Å². The van der Waals surface area contributed by atoms with Gasteiger partial charge in [-0.3, -0.25) is 0 Å². The molecule has 22 heavy (non-hydrogen) atoms. The Morgan fingerprint density at radius 2 is 1.77 bits per heavy atom. The van der Waals surface area contributed by atoms with Gasteiger partial charge in [-0.15, -0.1) is 12.4 Å². The Morgan fingerprint density at radius 1 is 1.09 bits per heavy atom. The van der Waals surface area contributed by atoms with Crippen LogP contribution in [0.1, 0.15) is 57.6 Å². The average Bonchev–Trinajstić information content (AvgIpc) is 2.45. The molecule has 0 unspecified atom stereocenters. The lowest BCUT2D eigenvalue weighted by molar-refractivity contribution is 0.204. The zero-order valence-corrected chi connectivity index (χ0v) is 15.5. The zero-order valence-electron chi connectivity index (χ0n) is 14.7. The van der Waals surface area contributed by atoms with Crippen LogP contribution in [0.2, 0.25) is 0 Å². The summed E-state index contributed by atoms with van der Waals surface area (Å²) in [4.78, 5) is 2.58. The Balaban J connectivity index is 0.00000242. The molecule has 0 atom stereocenters. The molecule has 0 N–H and O–H groups in total. The molecule has 0 bridgehead atoms. The largest absolute Gasteiger partial charge is 0.493 e. The average molecular weight is 326 g/mol. The van der Waals surface area contributed by atoms with Crippen LogP contribution < -0.4 is 4.74 Å². The Bertz CT molecular complexity index is 447. The van der Waals surface area contributed by atoms with Gasteiger partial charge in [-0.1, -0.05) is 44.9 Å². The Labute approximate surface area is 142 Å². The third-order valence-corrected chi connectivity index (χ3v) is 4.27. The number of ether oxygens (including phenoxy) is 1. The molecule has 0 aromatic heterocycles. The molecule has 3 heteroatoms. The van der Waals surface area contributed by atoms with Gasteiger partial charge in [-0.25, -0.2) is 0 Å². The van der Waals surface area contributed by atoms with E-state index in [1.165, 1.54) is 50.0 Å². The number of hydrogen-bond acceptors (Lipinski definition) is 2. The molecule has 1 aromatic carbocycles. The minimum Gasteiger partial charge on any atom is -0.493 e. The third-order valence-electron chi connectivity index (χ3n) is 4.27. The highest BCUT2D eigenvalue weighted by atomic mass is 35.5. The first-order valence-electron chi connectivity index (χ1n) is 8.43. The van der Waals surface area contributed by atoms with Crippen molar-refractivity contribution in [1.82, 2.24) is 4.90 Å². The summed E-state index contributed by atoms with van der Waals surface area (Å²) in [6.07, 6.45) is 5.27. The molecule has 2 rings (SSSR count). The molecule has 1 aromatic rings. The van der Waals surface area contributed by atoms with Crippen molar-refractivity contribution in [1.29, 1.82) is 0 Å². The highest BCUT2D eigenvalue weighted by Crippen LogP contribution is 2.32. The summed E-state index contributed by atoms with van der Waals surface area (Å²) in [5.41, 5.74) is 2.76.